The van der Waals surface area contributed by atoms with Crippen molar-refractivity contribution in [3.05, 3.63) is 23.3 Å². The van der Waals surface area contributed by atoms with E-state index < -0.39 is 29.5 Å². The number of aliphatic hydroxyl groups is 3. The molecule has 1 rings (SSSR count). The lowest BCUT2D eigenvalue weighted by molar-refractivity contribution is -0.154. The quantitative estimate of drug-likeness (QED) is 0.330. The SMILES string of the molecule is O=C(O)[C@@]1(O)C=C(O)C(O)=C(NO)C1. The highest BCUT2D eigenvalue weighted by molar-refractivity contribution is 5.81. The van der Waals surface area contributed by atoms with Crippen LogP contribution >= 0.6 is 0 Å². The van der Waals surface area contributed by atoms with Crippen LogP contribution in [0.25, 0.3) is 0 Å². The van der Waals surface area contributed by atoms with Crippen molar-refractivity contribution in [2.75, 3.05) is 0 Å². The van der Waals surface area contributed by atoms with Crippen LogP contribution in [0.5, 0.6) is 0 Å². The van der Waals surface area contributed by atoms with Gasteiger partial charge in [0.05, 0.1) is 5.70 Å². The third-order valence-corrected chi connectivity index (χ3v) is 1.86. The van der Waals surface area contributed by atoms with Crippen LogP contribution in [0.4, 0.5) is 0 Å². The van der Waals surface area contributed by atoms with E-state index in [0.29, 0.717) is 6.08 Å². The van der Waals surface area contributed by atoms with Crippen molar-refractivity contribution in [2.24, 2.45) is 0 Å². The van der Waals surface area contributed by atoms with Gasteiger partial charge in [-0.05, 0) is 0 Å². The van der Waals surface area contributed by atoms with Crippen LogP contribution in [0, 0.1) is 0 Å². The molecule has 14 heavy (non-hydrogen) atoms. The lowest BCUT2D eigenvalue weighted by Crippen LogP contribution is -2.41. The van der Waals surface area contributed by atoms with E-state index in [9.17, 15) is 9.90 Å². The molecule has 0 aromatic carbocycles. The third kappa shape index (κ3) is 1.50. The number of aliphatic hydroxyl groups excluding tert-OH is 2. The molecule has 1 aliphatic carbocycles. The first-order chi connectivity index (χ1) is 6.40. The molecule has 0 aliphatic heterocycles. The monoisotopic (exact) mass is 203 g/mol. The molecule has 78 valence electrons. The minimum Gasteiger partial charge on any atom is -0.504 e. The summed E-state index contributed by atoms with van der Waals surface area (Å²) in [7, 11) is 0. The molecule has 6 N–H and O–H groups in total. The largest absolute Gasteiger partial charge is 0.504 e. The molecule has 1 atom stereocenters. The van der Waals surface area contributed by atoms with Crippen molar-refractivity contribution < 1.29 is 30.4 Å². The van der Waals surface area contributed by atoms with E-state index in [4.69, 9.17) is 20.5 Å². The van der Waals surface area contributed by atoms with Gasteiger partial charge in [-0.3, -0.25) is 10.7 Å². The van der Waals surface area contributed by atoms with Crippen molar-refractivity contribution in [1.29, 1.82) is 0 Å². The minimum atomic E-state index is -2.33. The van der Waals surface area contributed by atoms with Crippen molar-refractivity contribution in [1.82, 2.24) is 5.48 Å². The van der Waals surface area contributed by atoms with Gasteiger partial charge in [0.25, 0.3) is 0 Å². The van der Waals surface area contributed by atoms with Gasteiger partial charge >= 0.3 is 5.97 Å². The van der Waals surface area contributed by atoms with Crippen molar-refractivity contribution in [3.8, 4) is 0 Å². The molecule has 7 heteroatoms. The van der Waals surface area contributed by atoms with Crippen LogP contribution < -0.4 is 5.48 Å². The van der Waals surface area contributed by atoms with Crippen LogP contribution in [0.1, 0.15) is 6.42 Å². The average Bonchev–Trinajstić information content (AvgIpc) is 2.11. The summed E-state index contributed by atoms with van der Waals surface area (Å²) in [6, 6.07) is 0. The lowest BCUT2D eigenvalue weighted by Gasteiger charge is -2.25. The van der Waals surface area contributed by atoms with Crippen LogP contribution in [-0.2, 0) is 4.79 Å². The highest BCUT2D eigenvalue weighted by Crippen LogP contribution is 2.27. The summed E-state index contributed by atoms with van der Waals surface area (Å²) >= 11 is 0. The number of rotatable bonds is 2. The summed E-state index contributed by atoms with van der Waals surface area (Å²) in [5.74, 6) is -3.10. The van der Waals surface area contributed by atoms with Crippen LogP contribution in [0.15, 0.2) is 23.3 Å². The standard InChI is InChI=1S/C7H9NO6/c9-4-2-7(13,6(11)12)1-3(8-14)5(4)10/h2,8-10,13-14H,1H2,(H,11,12)/t7-/m0/s1. The number of carbonyl (C=O) groups is 1. The second kappa shape index (κ2) is 3.20. The Kier molecular flexibility index (Phi) is 2.37. The summed E-state index contributed by atoms with van der Waals surface area (Å²) < 4.78 is 0. The molecule has 0 bridgehead atoms. The second-order valence-electron chi connectivity index (χ2n) is 2.87. The average molecular weight is 203 g/mol. The van der Waals surface area contributed by atoms with Gasteiger partial charge in [0.2, 0.25) is 0 Å². The molecular formula is C7H9NO6. The Labute approximate surface area is 78.2 Å². The van der Waals surface area contributed by atoms with E-state index >= 15 is 0 Å². The fourth-order valence-electron chi connectivity index (χ4n) is 1.08. The van der Waals surface area contributed by atoms with Crippen LogP contribution in [0.2, 0.25) is 0 Å². The second-order valence-corrected chi connectivity index (χ2v) is 2.87. The number of carboxylic acids is 1. The predicted octanol–water partition coefficient (Wildman–Crippen LogP) is -0.604. The van der Waals surface area contributed by atoms with Crippen LogP contribution in [-0.4, -0.2) is 37.2 Å². The fourth-order valence-corrected chi connectivity index (χ4v) is 1.08. The zero-order chi connectivity index (χ0) is 10.9. The lowest BCUT2D eigenvalue weighted by atomic mass is 9.92. The maximum atomic E-state index is 10.6. The topological polar surface area (TPSA) is 130 Å². The van der Waals surface area contributed by atoms with Gasteiger partial charge in [0, 0.05) is 12.5 Å². The van der Waals surface area contributed by atoms with E-state index in [1.807, 2.05) is 0 Å². The number of nitrogens with one attached hydrogen (secondary N) is 1. The number of hydrogen-bond donors (Lipinski definition) is 6. The molecule has 0 spiro atoms. The molecule has 1 aliphatic rings. The van der Waals surface area contributed by atoms with Gasteiger partial charge in [-0.1, -0.05) is 0 Å². The van der Waals surface area contributed by atoms with E-state index in [1.165, 1.54) is 5.48 Å². The Morgan fingerprint density at radius 3 is 2.50 bits per heavy atom. The number of carboxylic acid groups (broad SMARTS) is 1. The van der Waals surface area contributed by atoms with Crippen LogP contribution in [0.3, 0.4) is 0 Å². The van der Waals surface area contributed by atoms with E-state index in [1.54, 1.807) is 0 Å². The van der Waals surface area contributed by atoms with Crippen molar-refractivity contribution in [2.45, 2.75) is 12.0 Å². The first-order valence-electron chi connectivity index (χ1n) is 3.61. The minimum absolute atomic E-state index is 0.366. The molecule has 0 fully saturated rings. The molecule has 0 amide bonds. The molecule has 0 radical (unpaired) electrons. The fraction of sp³-hybridized carbons (Fsp3) is 0.286. The Morgan fingerprint density at radius 2 is 2.07 bits per heavy atom. The summed E-state index contributed by atoms with van der Waals surface area (Å²) in [6.07, 6.45) is 0.0280. The molecule has 0 aromatic heterocycles. The highest BCUT2D eigenvalue weighted by Gasteiger charge is 2.40. The Bertz CT molecular complexity index is 333. The first kappa shape index (κ1) is 10.4. The summed E-state index contributed by atoms with van der Waals surface area (Å²) in [5, 5.41) is 44.6. The van der Waals surface area contributed by atoms with Gasteiger partial charge in [-0.2, -0.15) is 0 Å². The zero-order valence-corrected chi connectivity index (χ0v) is 6.93. The molecular weight excluding hydrogens is 194 g/mol. The third-order valence-electron chi connectivity index (χ3n) is 1.86. The van der Waals surface area contributed by atoms with Crippen molar-refractivity contribution in [3.63, 3.8) is 0 Å². The van der Waals surface area contributed by atoms with Gasteiger partial charge in [0.1, 0.15) is 0 Å². The Hall–Kier alpha value is -1.73. The molecule has 0 saturated heterocycles. The van der Waals surface area contributed by atoms with E-state index in [-0.39, 0.29) is 5.70 Å². The normalized spacial score (nSPS) is 27.1. The molecule has 7 nitrogen and oxygen atoms in total. The number of hydrogen-bond acceptors (Lipinski definition) is 6. The van der Waals surface area contributed by atoms with Crippen molar-refractivity contribution >= 4 is 5.97 Å². The molecule has 0 aromatic rings. The zero-order valence-electron chi connectivity index (χ0n) is 6.93. The van der Waals surface area contributed by atoms with E-state index in [2.05, 4.69) is 0 Å². The smallest absolute Gasteiger partial charge is 0.340 e. The van der Waals surface area contributed by atoms with Gasteiger partial charge in [-0.25, -0.2) is 4.79 Å². The predicted molar refractivity (Wildman–Crippen MR) is 42.5 cm³/mol. The maximum absolute atomic E-state index is 10.6. The highest BCUT2D eigenvalue weighted by atomic mass is 16.5. The summed E-state index contributed by atoms with van der Waals surface area (Å²) in [6.45, 7) is 0. The van der Waals surface area contributed by atoms with Gasteiger partial charge in [-0.15, -0.1) is 0 Å². The van der Waals surface area contributed by atoms with E-state index in [0.717, 1.165) is 0 Å². The Balaban J connectivity index is 3.12. The molecule has 0 heterocycles. The van der Waals surface area contributed by atoms with Gasteiger partial charge < -0.3 is 20.4 Å². The number of aliphatic carboxylic acids is 1. The Morgan fingerprint density at radius 1 is 1.50 bits per heavy atom. The number of hydroxylamine groups is 1. The maximum Gasteiger partial charge on any atom is 0.340 e. The first-order valence-corrected chi connectivity index (χ1v) is 3.61. The molecule has 0 unspecified atom stereocenters. The summed E-state index contributed by atoms with van der Waals surface area (Å²) in [4.78, 5) is 10.6. The summed E-state index contributed by atoms with van der Waals surface area (Å²) in [5.41, 5.74) is -1.20. The van der Waals surface area contributed by atoms with Gasteiger partial charge in [0.15, 0.2) is 17.1 Å². The molecule has 0 saturated carbocycles.